The van der Waals surface area contributed by atoms with Crippen LogP contribution in [0.2, 0.25) is 0 Å². The lowest BCUT2D eigenvalue weighted by molar-refractivity contribution is 1.63. The summed E-state index contributed by atoms with van der Waals surface area (Å²) < 4.78 is 2.67. The largest absolute Gasteiger partial charge is 0.135 e. The molecular weight excluding hydrogens is 585 g/mol. The fourth-order valence-electron chi connectivity index (χ4n) is 7.56. The maximum Gasteiger partial charge on any atom is 0.0355 e. The maximum atomic E-state index is 2.43. The standard InChI is InChI=1S/C46H28S/c1-2-11-30-24-34(21-20-29(30)10-1)41-28-43-37-16-5-3-14-35(37)40(27-42(43)38-17-6-4-15-36(38)41)33-13-9-12-31(25-33)32-22-23-46-44(26-32)39-18-7-8-19-45(39)47-46/h1-28H. The summed E-state index contributed by atoms with van der Waals surface area (Å²) in [4.78, 5) is 0. The van der Waals surface area contributed by atoms with Crippen LogP contribution in [0, 0.1) is 0 Å². The molecule has 0 radical (unpaired) electrons. The second kappa shape index (κ2) is 10.4. The summed E-state index contributed by atoms with van der Waals surface area (Å²) in [5, 5.41) is 12.9. The second-order valence-electron chi connectivity index (χ2n) is 12.5. The predicted molar refractivity (Wildman–Crippen MR) is 206 cm³/mol. The Morgan fingerprint density at radius 2 is 0.787 bits per heavy atom. The zero-order valence-electron chi connectivity index (χ0n) is 25.6. The van der Waals surface area contributed by atoms with Gasteiger partial charge in [-0.3, -0.25) is 0 Å². The summed E-state index contributed by atoms with van der Waals surface area (Å²) in [5.41, 5.74) is 7.51. The van der Waals surface area contributed by atoms with Crippen LogP contribution in [0.15, 0.2) is 170 Å². The molecule has 0 nitrogen and oxygen atoms in total. The van der Waals surface area contributed by atoms with Crippen molar-refractivity contribution in [3.8, 4) is 33.4 Å². The van der Waals surface area contributed by atoms with Gasteiger partial charge in [0.1, 0.15) is 0 Å². The highest BCUT2D eigenvalue weighted by atomic mass is 32.1. The van der Waals surface area contributed by atoms with Crippen molar-refractivity contribution in [3.63, 3.8) is 0 Å². The van der Waals surface area contributed by atoms with Crippen LogP contribution < -0.4 is 0 Å². The average Bonchev–Trinajstić information content (AvgIpc) is 3.52. The van der Waals surface area contributed by atoms with Gasteiger partial charge in [-0.2, -0.15) is 0 Å². The molecule has 0 bridgehead atoms. The summed E-state index contributed by atoms with van der Waals surface area (Å²) in [5.74, 6) is 0. The molecule has 0 spiro atoms. The Labute approximate surface area is 276 Å². The number of thiophene rings is 1. The molecular formula is C46H28S. The van der Waals surface area contributed by atoms with Crippen LogP contribution in [0.25, 0.3) is 96.6 Å². The third-order valence-corrected chi connectivity index (χ3v) is 11.0. The van der Waals surface area contributed by atoms with Crippen molar-refractivity contribution in [2.24, 2.45) is 0 Å². The average molecular weight is 613 g/mol. The molecule has 0 atom stereocenters. The van der Waals surface area contributed by atoms with Gasteiger partial charge in [-0.1, -0.05) is 127 Å². The van der Waals surface area contributed by atoms with E-state index < -0.39 is 0 Å². The van der Waals surface area contributed by atoms with Gasteiger partial charge in [0.2, 0.25) is 0 Å². The van der Waals surface area contributed by atoms with Gasteiger partial charge in [0.15, 0.2) is 0 Å². The molecule has 0 aliphatic carbocycles. The molecule has 1 heterocycles. The van der Waals surface area contributed by atoms with Gasteiger partial charge in [0.25, 0.3) is 0 Å². The minimum absolute atomic E-state index is 1.23. The fraction of sp³-hybridized carbons (Fsp3) is 0. The summed E-state index contributed by atoms with van der Waals surface area (Å²) in [6.45, 7) is 0. The van der Waals surface area contributed by atoms with E-state index in [1.807, 2.05) is 11.3 Å². The smallest absolute Gasteiger partial charge is 0.0355 e. The van der Waals surface area contributed by atoms with Crippen LogP contribution >= 0.6 is 11.3 Å². The molecule has 47 heavy (non-hydrogen) atoms. The molecule has 10 aromatic rings. The van der Waals surface area contributed by atoms with Gasteiger partial charge in [0, 0.05) is 20.2 Å². The van der Waals surface area contributed by atoms with Crippen LogP contribution in [0.1, 0.15) is 0 Å². The van der Waals surface area contributed by atoms with E-state index >= 15 is 0 Å². The Morgan fingerprint density at radius 1 is 0.255 bits per heavy atom. The molecule has 218 valence electrons. The summed E-state index contributed by atoms with van der Waals surface area (Å²) >= 11 is 1.87. The quantitative estimate of drug-likeness (QED) is 0.174. The van der Waals surface area contributed by atoms with Crippen molar-refractivity contribution < 1.29 is 0 Å². The van der Waals surface area contributed by atoms with E-state index in [0.29, 0.717) is 0 Å². The van der Waals surface area contributed by atoms with E-state index in [4.69, 9.17) is 0 Å². The Kier molecular flexibility index (Phi) is 5.85. The fourth-order valence-corrected chi connectivity index (χ4v) is 8.64. The zero-order valence-corrected chi connectivity index (χ0v) is 26.4. The van der Waals surface area contributed by atoms with Gasteiger partial charge in [-0.15, -0.1) is 11.3 Å². The molecule has 0 saturated heterocycles. The Morgan fingerprint density at radius 3 is 1.53 bits per heavy atom. The SMILES string of the molecule is c1cc(-c2ccc3sc4ccccc4c3c2)cc(-c2cc3c4ccccc4c(-c4ccc5ccccc5c4)cc3c3ccccc23)c1. The van der Waals surface area contributed by atoms with Crippen molar-refractivity contribution in [3.05, 3.63) is 170 Å². The molecule has 0 fully saturated rings. The summed E-state index contributed by atoms with van der Waals surface area (Å²) in [6, 6.07) is 62.9. The highest BCUT2D eigenvalue weighted by molar-refractivity contribution is 7.25. The van der Waals surface area contributed by atoms with E-state index in [0.717, 1.165) is 0 Å². The first kappa shape index (κ1) is 26.5. The Balaban J connectivity index is 1.19. The topological polar surface area (TPSA) is 0 Å². The van der Waals surface area contributed by atoms with Crippen molar-refractivity contribution in [1.29, 1.82) is 0 Å². The van der Waals surface area contributed by atoms with E-state index in [-0.39, 0.29) is 0 Å². The van der Waals surface area contributed by atoms with E-state index in [9.17, 15) is 0 Å². The van der Waals surface area contributed by atoms with E-state index in [1.165, 1.54) is 96.6 Å². The first-order chi connectivity index (χ1) is 23.3. The molecule has 1 aromatic heterocycles. The van der Waals surface area contributed by atoms with Gasteiger partial charge < -0.3 is 0 Å². The van der Waals surface area contributed by atoms with Crippen molar-refractivity contribution in [2.45, 2.75) is 0 Å². The summed E-state index contributed by atoms with van der Waals surface area (Å²) in [7, 11) is 0. The molecule has 0 saturated carbocycles. The molecule has 10 rings (SSSR count). The number of hydrogen-bond donors (Lipinski definition) is 0. The first-order valence-electron chi connectivity index (χ1n) is 16.2. The van der Waals surface area contributed by atoms with Gasteiger partial charge in [0.05, 0.1) is 0 Å². The molecule has 0 aliphatic rings. The summed E-state index contributed by atoms with van der Waals surface area (Å²) in [6.07, 6.45) is 0. The van der Waals surface area contributed by atoms with Gasteiger partial charge in [-0.05, 0) is 119 Å². The van der Waals surface area contributed by atoms with Crippen molar-refractivity contribution in [2.75, 3.05) is 0 Å². The molecule has 9 aromatic carbocycles. The molecule has 0 unspecified atom stereocenters. The van der Waals surface area contributed by atoms with Crippen LogP contribution in [-0.4, -0.2) is 0 Å². The van der Waals surface area contributed by atoms with Gasteiger partial charge >= 0.3 is 0 Å². The lowest BCUT2D eigenvalue weighted by atomic mass is 9.87. The van der Waals surface area contributed by atoms with E-state index in [2.05, 4.69) is 170 Å². The first-order valence-corrected chi connectivity index (χ1v) is 17.0. The second-order valence-corrected chi connectivity index (χ2v) is 13.6. The number of hydrogen-bond acceptors (Lipinski definition) is 1. The van der Waals surface area contributed by atoms with Crippen molar-refractivity contribution in [1.82, 2.24) is 0 Å². The molecule has 0 N–H and O–H groups in total. The monoisotopic (exact) mass is 612 g/mol. The zero-order chi connectivity index (χ0) is 30.9. The molecule has 1 heteroatoms. The lowest BCUT2D eigenvalue weighted by Crippen LogP contribution is -1.89. The molecule has 0 amide bonds. The minimum Gasteiger partial charge on any atom is -0.135 e. The predicted octanol–water partition coefficient (Wildman–Crippen LogP) is 13.7. The minimum atomic E-state index is 1.23. The van der Waals surface area contributed by atoms with Crippen LogP contribution in [0.4, 0.5) is 0 Å². The Bertz CT molecular complexity index is 2850. The number of rotatable bonds is 3. The van der Waals surface area contributed by atoms with Crippen molar-refractivity contribution >= 4 is 74.6 Å². The van der Waals surface area contributed by atoms with Crippen LogP contribution in [0.3, 0.4) is 0 Å². The van der Waals surface area contributed by atoms with Crippen LogP contribution in [-0.2, 0) is 0 Å². The third kappa shape index (κ3) is 4.21. The number of fused-ring (bicyclic) bond motifs is 9. The highest BCUT2D eigenvalue weighted by Crippen LogP contribution is 2.43. The molecule has 0 aliphatic heterocycles. The third-order valence-electron chi connectivity index (χ3n) is 9.83. The lowest BCUT2D eigenvalue weighted by Gasteiger charge is -2.17. The Hall–Kier alpha value is -5.76. The highest BCUT2D eigenvalue weighted by Gasteiger charge is 2.15. The normalized spacial score (nSPS) is 11.8. The maximum absolute atomic E-state index is 2.43. The van der Waals surface area contributed by atoms with E-state index in [1.54, 1.807) is 0 Å². The number of benzene rings is 9. The van der Waals surface area contributed by atoms with Crippen LogP contribution in [0.5, 0.6) is 0 Å². The van der Waals surface area contributed by atoms with Gasteiger partial charge in [-0.25, -0.2) is 0 Å².